The summed E-state index contributed by atoms with van der Waals surface area (Å²) in [5.41, 5.74) is 1.07. The van der Waals surface area contributed by atoms with Crippen molar-refractivity contribution in [3.63, 3.8) is 0 Å². The smallest absolute Gasteiger partial charge is 0.123 e. The lowest BCUT2D eigenvalue weighted by Crippen LogP contribution is -2.33. The van der Waals surface area contributed by atoms with Crippen LogP contribution >= 0.6 is 0 Å². The molecule has 1 fully saturated rings. The minimum atomic E-state index is -0.110. The zero-order valence-electron chi connectivity index (χ0n) is 10.2. The van der Waals surface area contributed by atoms with Gasteiger partial charge in [0.05, 0.1) is 13.2 Å². The second kappa shape index (κ2) is 5.70. The van der Waals surface area contributed by atoms with Gasteiger partial charge in [-0.05, 0) is 43.6 Å². The van der Waals surface area contributed by atoms with Crippen molar-refractivity contribution >= 4 is 0 Å². The molecule has 1 aromatic carbocycles. The van der Waals surface area contributed by atoms with Crippen LogP contribution in [0.25, 0.3) is 0 Å². The Kier molecular flexibility index (Phi) is 4.00. The average molecular weight is 230 g/mol. The third kappa shape index (κ3) is 2.78. The summed E-state index contributed by atoms with van der Waals surface area (Å²) in [4.78, 5) is 2.27. The molecular formula is C14H18N2O. The number of hydrogen-bond donors (Lipinski definition) is 0. The molecule has 0 aromatic heterocycles. The molecule has 1 atom stereocenters. The van der Waals surface area contributed by atoms with Crippen molar-refractivity contribution in [1.82, 2.24) is 4.90 Å². The Morgan fingerprint density at radius 1 is 1.18 bits per heavy atom. The molecule has 1 aliphatic rings. The van der Waals surface area contributed by atoms with Gasteiger partial charge in [-0.15, -0.1) is 0 Å². The molecule has 2 rings (SSSR count). The zero-order chi connectivity index (χ0) is 12.1. The van der Waals surface area contributed by atoms with Crippen molar-refractivity contribution in [3.05, 3.63) is 29.8 Å². The van der Waals surface area contributed by atoms with E-state index in [2.05, 4.69) is 11.0 Å². The molecule has 1 heterocycles. The monoisotopic (exact) mass is 230 g/mol. The summed E-state index contributed by atoms with van der Waals surface area (Å²) in [6.07, 6.45) is 3.69. The van der Waals surface area contributed by atoms with E-state index < -0.39 is 0 Å². The maximum absolute atomic E-state index is 9.34. The third-order valence-electron chi connectivity index (χ3n) is 3.31. The lowest BCUT2D eigenvalue weighted by molar-refractivity contribution is 0.196. The van der Waals surface area contributed by atoms with Crippen LogP contribution in [0, 0.1) is 11.3 Å². The number of methoxy groups -OCH3 is 1. The minimum Gasteiger partial charge on any atom is -0.497 e. The predicted octanol–water partition coefficient (Wildman–Crippen LogP) is 2.75. The van der Waals surface area contributed by atoms with Gasteiger partial charge in [0.1, 0.15) is 11.8 Å². The van der Waals surface area contributed by atoms with E-state index in [1.54, 1.807) is 7.11 Å². The summed E-state index contributed by atoms with van der Waals surface area (Å²) in [6.45, 7) is 2.06. The first-order valence-corrected chi connectivity index (χ1v) is 6.13. The normalized spacial score (nSPS) is 18.4. The van der Waals surface area contributed by atoms with Crippen molar-refractivity contribution in [2.45, 2.75) is 25.3 Å². The van der Waals surface area contributed by atoms with Crippen LogP contribution in [0.1, 0.15) is 30.9 Å². The second-order valence-electron chi connectivity index (χ2n) is 4.40. The first-order chi connectivity index (χ1) is 8.35. The molecule has 17 heavy (non-hydrogen) atoms. The van der Waals surface area contributed by atoms with E-state index in [9.17, 15) is 5.26 Å². The van der Waals surface area contributed by atoms with Crippen molar-refractivity contribution in [2.24, 2.45) is 0 Å². The fraction of sp³-hybridized carbons (Fsp3) is 0.500. The molecule has 3 nitrogen and oxygen atoms in total. The number of likely N-dealkylation sites (tertiary alicyclic amines) is 1. The summed E-state index contributed by atoms with van der Waals surface area (Å²) in [5, 5.41) is 9.34. The van der Waals surface area contributed by atoms with Crippen LogP contribution in [0.5, 0.6) is 5.75 Å². The fourth-order valence-electron chi connectivity index (χ4n) is 2.33. The highest BCUT2D eigenvalue weighted by Crippen LogP contribution is 2.25. The number of rotatable bonds is 3. The molecule has 0 amide bonds. The number of hydrogen-bond acceptors (Lipinski definition) is 3. The molecule has 1 aromatic rings. The van der Waals surface area contributed by atoms with E-state index in [0.29, 0.717) is 0 Å². The molecule has 0 saturated carbocycles. The van der Waals surface area contributed by atoms with Gasteiger partial charge in [0.25, 0.3) is 0 Å². The van der Waals surface area contributed by atoms with Crippen LogP contribution < -0.4 is 4.74 Å². The largest absolute Gasteiger partial charge is 0.497 e. The van der Waals surface area contributed by atoms with Gasteiger partial charge in [-0.1, -0.05) is 18.6 Å². The van der Waals surface area contributed by atoms with Gasteiger partial charge < -0.3 is 4.74 Å². The lowest BCUT2D eigenvalue weighted by atomic mass is 10.0. The van der Waals surface area contributed by atoms with Crippen LogP contribution in [-0.2, 0) is 0 Å². The Morgan fingerprint density at radius 3 is 2.35 bits per heavy atom. The molecule has 1 unspecified atom stereocenters. The molecule has 3 heteroatoms. The summed E-state index contributed by atoms with van der Waals surface area (Å²) in [7, 11) is 1.65. The number of piperidine rings is 1. The number of benzene rings is 1. The molecule has 1 saturated heterocycles. The highest BCUT2D eigenvalue weighted by atomic mass is 16.5. The van der Waals surface area contributed by atoms with Gasteiger partial charge >= 0.3 is 0 Å². The SMILES string of the molecule is COc1ccc(C(C#N)N2CCCCC2)cc1. The van der Waals surface area contributed by atoms with E-state index in [-0.39, 0.29) is 6.04 Å². The fourth-order valence-corrected chi connectivity index (χ4v) is 2.33. The highest BCUT2D eigenvalue weighted by molar-refractivity contribution is 5.31. The third-order valence-corrected chi connectivity index (χ3v) is 3.31. The topological polar surface area (TPSA) is 36.3 Å². The Hall–Kier alpha value is -1.53. The maximum atomic E-state index is 9.34. The van der Waals surface area contributed by atoms with E-state index in [0.717, 1.165) is 24.4 Å². The molecule has 1 aliphatic heterocycles. The van der Waals surface area contributed by atoms with Crippen LogP contribution in [-0.4, -0.2) is 25.1 Å². The molecule has 0 N–H and O–H groups in total. The summed E-state index contributed by atoms with van der Waals surface area (Å²) in [5.74, 6) is 0.837. The van der Waals surface area contributed by atoms with Crippen LogP contribution in [0.3, 0.4) is 0 Å². The van der Waals surface area contributed by atoms with Crippen molar-refractivity contribution < 1.29 is 4.74 Å². The number of nitriles is 1. The molecule has 0 aliphatic carbocycles. The standard InChI is InChI=1S/C14H18N2O/c1-17-13-7-5-12(6-8-13)14(11-15)16-9-3-2-4-10-16/h5-8,14H,2-4,9-10H2,1H3. The van der Waals surface area contributed by atoms with Crippen molar-refractivity contribution in [1.29, 1.82) is 5.26 Å². The summed E-state index contributed by atoms with van der Waals surface area (Å²) < 4.78 is 5.13. The lowest BCUT2D eigenvalue weighted by Gasteiger charge is -2.30. The molecular weight excluding hydrogens is 212 g/mol. The van der Waals surface area contributed by atoms with Gasteiger partial charge in [-0.2, -0.15) is 5.26 Å². The van der Waals surface area contributed by atoms with Crippen LogP contribution in [0.2, 0.25) is 0 Å². The zero-order valence-corrected chi connectivity index (χ0v) is 10.2. The Labute approximate surface area is 103 Å². The number of nitrogens with zero attached hydrogens (tertiary/aromatic N) is 2. The predicted molar refractivity (Wildman–Crippen MR) is 66.8 cm³/mol. The first kappa shape index (κ1) is 11.9. The average Bonchev–Trinajstić information content (AvgIpc) is 2.42. The van der Waals surface area contributed by atoms with Gasteiger partial charge in [-0.25, -0.2) is 0 Å². The first-order valence-electron chi connectivity index (χ1n) is 6.13. The Balaban J connectivity index is 2.13. The second-order valence-corrected chi connectivity index (χ2v) is 4.40. The Bertz CT molecular complexity index is 388. The van der Waals surface area contributed by atoms with Crippen molar-refractivity contribution in [3.8, 4) is 11.8 Å². The van der Waals surface area contributed by atoms with Crippen LogP contribution in [0.15, 0.2) is 24.3 Å². The molecule has 90 valence electrons. The molecule has 0 radical (unpaired) electrons. The van der Waals surface area contributed by atoms with Crippen molar-refractivity contribution in [2.75, 3.05) is 20.2 Å². The summed E-state index contributed by atoms with van der Waals surface area (Å²) >= 11 is 0. The van der Waals surface area contributed by atoms with E-state index in [1.165, 1.54) is 19.3 Å². The van der Waals surface area contributed by atoms with Gasteiger partial charge in [0.2, 0.25) is 0 Å². The quantitative estimate of drug-likeness (QED) is 0.801. The van der Waals surface area contributed by atoms with Gasteiger partial charge in [-0.3, -0.25) is 4.90 Å². The molecule has 0 spiro atoms. The highest BCUT2D eigenvalue weighted by Gasteiger charge is 2.21. The van der Waals surface area contributed by atoms with Crippen LogP contribution in [0.4, 0.5) is 0 Å². The van der Waals surface area contributed by atoms with E-state index in [1.807, 2.05) is 24.3 Å². The van der Waals surface area contributed by atoms with E-state index in [4.69, 9.17) is 4.74 Å². The van der Waals surface area contributed by atoms with E-state index >= 15 is 0 Å². The molecule has 0 bridgehead atoms. The summed E-state index contributed by atoms with van der Waals surface area (Å²) in [6, 6.07) is 10.1. The number of ether oxygens (including phenoxy) is 1. The minimum absolute atomic E-state index is 0.110. The Morgan fingerprint density at radius 2 is 1.82 bits per heavy atom. The van der Waals surface area contributed by atoms with Gasteiger partial charge in [0, 0.05) is 0 Å². The van der Waals surface area contributed by atoms with Gasteiger partial charge in [0.15, 0.2) is 0 Å². The maximum Gasteiger partial charge on any atom is 0.123 e.